The van der Waals surface area contributed by atoms with Gasteiger partial charge >= 0.3 is 0 Å². The fourth-order valence-electron chi connectivity index (χ4n) is 3.53. The molecule has 0 unspecified atom stereocenters. The van der Waals surface area contributed by atoms with E-state index in [1.54, 1.807) is 6.20 Å². The van der Waals surface area contributed by atoms with Crippen LogP contribution in [0.2, 0.25) is 10.3 Å². The van der Waals surface area contributed by atoms with E-state index in [1.807, 2.05) is 71.4 Å². The van der Waals surface area contributed by atoms with Crippen molar-refractivity contribution in [3.63, 3.8) is 0 Å². The van der Waals surface area contributed by atoms with Crippen LogP contribution in [0.4, 0.5) is 0 Å². The number of benzene rings is 3. The number of nitrogens with zero attached hydrogens (tertiary/aromatic N) is 2. The maximum absolute atomic E-state index is 6.70. The van der Waals surface area contributed by atoms with Gasteiger partial charge in [-0.25, -0.2) is 4.98 Å². The Morgan fingerprint density at radius 3 is 1.73 bits per heavy atom. The van der Waals surface area contributed by atoms with Crippen LogP contribution in [0.15, 0.2) is 97.3 Å². The highest BCUT2D eigenvalue weighted by atomic mass is 35.5. The molecule has 1 heterocycles. The predicted molar refractivity (Wildman–Crippen MR) is 107 cm³/mol. The van der Waals surface area contributed by atoms with Gasteiger partial charge in [0.05, 0.1) is 0 Å². The third-order valence-electron chi connectivity index (χ3n) is 4.60. The molecule has 0 N–H and O–H groups in total. The Kier molecular flexibility index (Phi) is 4.54. The van der Waals surface area contributed by atoms with Gasteiger partial charge in [-0.2, -0.15) is 0 Å². The highest BCUT2D eigenvalue weighted by molar-refractivity contribution is 6.31. The van der Waals surface area contributed by atoms with Crippen LogP contribution in [0.1, 0.15) is 16.7 Å². The van der Waals surface area contributed by atoms with E-state index < -0.39 is 5.54 Å². The third-order valence-corrected chi connectivity index (χ3v) is 5.21. The highest BCUT2D eigenvalue weighted by Gasteiger charge is 2.40. The van der Waals surface area contributed by atoms with Gasteiger partial charge in [0.1, 0.15) is 5.54 Å². The Labute approximate surface area is 162 Å². The zero-order valence-electron chi connectivity index (χ0n) is 13.9. The van der Waals surface area contributed by atoms with E-state index in [4.69, 9.17) is 23.2 Å². The summed E-state index contributed by atoms with van der Waals surface area (Å²) in [6, 6.07) is 28.3. The first kappa shape index (κ1) is 16.9. The number of rotatable bonds is 4. The molecule has 0 amide bonds. The Morgan fingerprint density at radius 2 is 1.23 bits per heavy atom. The lowest BCUT2D eigenvalue weighted by Crippen LogP contribution is -2.37. The van der Waals surface area contributed by atoms with E-state index in [2.05, 4.69) is 29.2 Å². The summed E-state index contributed by atoms with van der Waals surface area (Å²) in [5.74, 6) is 0. The standard InChI is InChI=1S/C22H16Cl2N2/c23-20-14-8-7-13-19(20)22(17-9-3-1-4-10-17,18-11-5-2-6-12-18)26-16-15-25-21(26)24/h1-16H. The molecule has 0 fully saturated rings. The first-order valence-corrected chi connectivity index (χ1v) is 9.05. The van der Waals surface area contributed by atoms with Gasteiger partial charge < -0.3 is 4.57 Å². The molecule has 4 aromatic rings. The molecule has 0 aliphatic heterocycles. The fourth-order valence-corrected chi connectivity index (χ4v) is 4.05. The normalized spacial score (nSPS) is 11.5. The van der Waals surface area contributed by atoms with Gasteiger partial charge in [0.15, 0.2) is 0 Å². The van der Waals surface area contributed by atoms with Crippen molar-refractivity contribution in [2.75, 3.05) is 0 Å². The summed E-state index contributed by atoms with van der Waals surface area (Å²) in [7, 11) is 0. The topological polar surface area (TPSA) is 17.8 Å². The monoisotopic (exact) mass is 378 g/mol. The van der Waals surface area contributed by atoms with Gasteiger partial charge in [-0.15, -0.1) is 0 Å². The summed E-state index contributed by atoms with van der Waals surface area (Å²) in [5.41, 5.74) is 2.33. The number of hydrogen-bond donors (Lipinski definition) is 0. The molecule has 1 aromatic heterocycles. The van der Waals surface area contributed by atoms with Crippen LogP contribution in [-0.2, 0) is 5.54 Å². The predicted octanol–water partition coefficient (Wildman–Crippen LogP) is 6.03. The Hall–Kier alpha value is -2.55. The van der Waals surface area contributed by atoms with Crippen molar-refractivity contribution < 1.29 is 0 Å². The first-order chi connectivity index (χ1) is 12.7. The average Bonchev–Trinajstić information content (AvgIpc) is 3.12. The van der Waals surface area contributed by atoms with E-state index in [9.17, 15) is 0 Å². The van der Waals surface area contributed by atoms with Gasteiger partial charge in [0.2, 0.25) is 5.28 Å². The molecule has 0 bridgehead atoms. The molecule has 0 saturated carbocycles. The Morgan fingerprint density at radius 1 is 0.692 bits per heavy atom. The smallest absolute Gasteiger partial charge is 0.204 e. The van der Waals surface area contributed by atoms with Gasteiger partial charge in [-0.05, 0) is 28.8 Å². The van der Waals surface area contributed by atoms with E-state index in [1.165, 1.54) is 0 Å². The molecule has 4 heteroatoms. The van der Waals surface area contributed by atoms with E-state index in [-0.39, 0.29) is 0 Å². The molecule has 128 valence electrons. The van der Waals surface area contributed by atoms with Crippen LogP contribution < -0.4 is 0 Å². The van der Waals surface area contributed by atoms with Gasteiger partial charge in [0.25, 0.3) is 0 Å². The maximum atomic E-state index is 6.70. The minimum absolute atomic E-state index is 0.401. The Balaban J connectivity index is 2.19. The van der Waals surface area contributed by atoms with Gasteiger partial charge in [-0.3, -0.25) is 0 Å². The summed E-state index contributed by atoms with van der Waals surface area (Å²) in [4.78, 5) is 4.27. The lowest BCUT2D eigenvalue weighted by molar-refractivity contribution is 0.515. The molecule has 0 spiro atoms. The first-order valence-electron chi connectivity index (χ1n) is 8.30. The second kappa shape index (κ2) is 6.99. The largest absolute Gasteiger partial charge is 0.303 e. The summed E-state index contributed by atoms with van der Waals surface area (Å²) in [5, 5.41) is 1.07. The van der Waals surface area contributed by atoms with Crippen LogP contribution in [0.5, 0.6) is 0 Å². The summed E-state index contributed by atoms with van der Waals surface area (Å²) in [6.07, 6.45) is 3.60. The SMILES string of the molecule is Clc1ccccc1C(c1ccccc1)(c1ccccc1)n1ccnc1Cl. The van der Waals surface area contributed by atoms with Crippen LogP contribution in [0.25, 0.3) is 0 Å². The van der Waals surface area contributed by atoms with Crippen molar-refractivity contribution in [3.05, 3.63) is 124 Å². The van der Waals surface area contributed by atoms with Crippen LogP contribution in [-0.4, -0.2) is 9.55 Å². The van der Waals surface area contributed by atoms with Gasteiger partial charge in [-0.1, -0.05) is 90.5 Å². The zero-order valence-corrected chi connectivity index (χ0v) is 15.4. The maximum Gasteiger partial charge on any atom is 0.204 e. The van der Waals surface area contributed by atoms with Crippen molar-refractivity contribution in [1.29, 1.82) is 0 Å². The quantitative estimate of drug-likeness (QED) is 0.396. The molecule has 3 aromatic carbocycles. The summed E-state index contributed by atoms with van der Waals surface area (Å²) < 4.78 is 1.97. The molecule has 4 rings (SSSR count). The van der Waals surface area contributed by atoms with Crippen molar-refractivity contribution in [1.82, 2.24) is 9.55 Å². The Bertz CT molecular complexity index is 971. The van der Waals surface area contributed by atoms with Gasteiger partial charge in [0, 0.05) is 23.0 Å². The van der Waals surface area contributed by atoms with Crippen molar-refractivity contribution >= 4 is 23.2 Å². The van der Waals surface area contributed by atoms with Crippen LogP contribution in [0.3, 0.4) is 0 Å². The number of hydrogen-bond acceptors (Lipinski definition) is 1. The number of halogens is 2. The molecule has 0 aliphatic carbocycles. The van der Waals surface area contributed by atoms with Crippen LogP contribution >= 0.6 is 23.2 Å². The molecule has 2 nitrogen and oxygen atoms in total. The molecular weight excluding hydrogens is 363 g/mol. The highest BCUT2D eigenvalue weighted by Crippen LogP contribution is 2.44. The van der Waals surface area contributed by atoms with Crippen molar-refractivity contribution in [2.24, 2.45) is 0 Å². The second-order valence-corrected chi connectivity index (χ2v) is 6.73. The van der Waals surface area contributed by atoms with E-state index in [0.29, 0.717) is 10.3 Å². The zero-order chi connectivity index (χ0) is 18.0. The second-order valence-electron chi connectivity index (χ2n) is 5.99. The number of aromatic nitrogens is 2. The summed E-state index contributed by atoms with van der Waals surface area (Å²) in [6.45, 7) is 0. The van der Waals surface area contributed by atoms with Crippen molar-refractivity contribution in [3.8, 4) is 0 Å². The average molecular weight is 379 g/mol. The van der Waals surface area contributed by atoms with E-state index >= 15 is 0 Å². The molecule has 0 radical (unpaired) electrons. The van der Waals surface area contributed by atoms with Crippen molar-refractivity contribution in [2.45, 2.75) is 5.54 Å². The number of imidazole rings is 1. The molecule has 0 atom stereocenters. The lowest BCUT2D eigenvalue weighted by Gasteiger charge is -2.38. The molecule has 26 heavy (non-hydrogen) atoms. The molecule has 0 aliphatic rings. The fraction of sp³-hybridized carbons (Fsp3) is 0.0455. The summed E-state index contributed by atoms with van der Waals surface area (Å²) >= 11 is 13.2. The molecular formula is C22H16Cl2N2. The van der Waals surface area contributed by atoms with E-state index in [0.717, 1.165) is 16.7 Å². The minimum Gasteiger partial charge on any atom is -0.303 e. The molecule has 0 saturated heterocycles. The lowest BCUT2D eigenvalue weighted by atomic mass is 9.76. The minimum atomic E-state index is -0.728. The van der Waals surface area contributed by atoms with Crippen LogP contribution in [0, 0.1) is 0 Å². The third kappa shape index (κ3) is 2.63.